The fraction of sp³-hybridized carbons (Fsp3) is 0.217. The molecule has 2 heterocycles. The lowest BCUT2D eigenvalue weighted by Crippen LogP contribution is -2.32. The molecule has 3 atom stereocenters. The number of ether oxygens (including phenoxy) is 3. The van der Waals surface area contributed by atoms with Crippen LogP contribution in [0.5, 0.6) is 0 Å². The van der Waals surface area contributed by atoms with Crippen LogP contribution in [-0.4, -0.2) is 40.3 Å². The third-order valence-electron chi connectivity index (χ3n) is 5.00. The molecule has 1 N–H and O–H groups in total. The maximum atomic E-state index is 12.6. The number of nitrogens with zero attached hydrogens (tertiary/aromatic N) is 1. The Morgan fingerprint density at radius 1 is 0.938 bits per heavy atom. The van der Waals surface area contributed by atoms with Crippen molar-refractivity contribution in [1.82, 2.24) is 9.55 Å². The first-order valence-electron chi connectivity index (χ1n) is 9.96. The van der Waals surface area contributed by atoms with Crippen molar-refractivity contribution in [3.05, 3.63) is 105 Å². The molecule has 1 aromatic heterocycles. The average Bonchev–Trinajstić information content (AvgIpc) is 3.20. The minimum absolute atomic E-state index is 0.137. The van der Waals surface area contributed by atoms with E-state index < -0.39 is 41.6 Å². The minimum atomic E-state index is -0.812. The lowest BCUT2D eigenvalue weighted by molar-refractivity contribution is -0.0582. The van der Waals surface area contributed by atoms with Gasteiger partial charge in [-0.25, -0.2) is 14.4 Å². The van der Waals surface area contributed by atoms with E-state index in [4.69, 9.17) is 14.2 Å². The molecule has 3 aromatic rings. The van der Waals surface area contributed by atoms with Gasteiger partial charge in [0, 0.05) is 18.7 Å². The quantitative estimate of drug-likeness (QED) is 0.587. The summed E-state index contributed by atoms with van der Waals surface area (Å²) in [7, 11) is 0. The van der Waals surface area contributed by atoms with Gasteiger partial charge in [-0.1, -0.05) is 36.4 Å². The van der Waals surface area contributed by atoms with Crippen molar-refractivity contribution in [2.75, 3.05) is 6.61 Å². The molecule has 0 bridgehead atoms. The number of carbonyl (C=O) groups is 2. The van der Waals surface area contributed by atoms with E-state index in [0.29, 0.717) is 11.1 Å². The van der Waals surface area contributed by atoms with Crippen LogP contribution in [0, 0.1) is 0 Å². The number of hydrogen-bond acceptors (Lipinski definition) is 7. The van der Waals surface area contributed by atoms with Gasteiger partial charge in [0.2, 0.25) is 0 Å². The Bertz CT molecular complexity index is 1200. The van der Waals surface area contributed by atoms with E-state index in [0.717, 1.165) is 0 Å². The van der Waals surface area contributed by atoms with Crippen LogP contribution < -0.4 is 11.2 Å². The summed E-state index contributed by atoms with van der Waals surface area (Å²) in [4.78, 5) is 50.6. The molecule has 4 rings (SSSR count). The molecule has 32 heavy (non-hydrogen) atoms. The van der Waals surface area contributed by atoms with Gasteiger partial charge in [0.15, 0.2) is 0 Å². The summed E-state index contributed by atoms with van der Waals surface area (Å²) in [6, 6.07) is 18.1. The van der Waals surface area contributed by atoms with Crippen LogP contribution in [-0.2, 0) is 14.2 Å². The fourth-order valence-corrected chi connectivity index (χ4v) is 3.39. The van der Waals surface area contributed by atoms with Crippen molar-refractivity contribution >= 4 is 11.9 Å². The Labute approximate surface area is 182 Å². The van der Waals surface area contributed by atoms with Gasteiger partial charge in [-0.05, 0) is 24.3 Å². The molecular formula is C23H20N2O7. The first kappa shape index (κ1) is 21.3. The second-order valence-electron chi connectivity index (χ2n) is 7.16. The highest BCUT2D eigenvalue weighted by Crippen LogP contribution is 2.30. The molecule has 164 valence electrons. The van der Waals surface area contributed by atoms with E-state index >= 15 is 0 Å². The number of aromatic nitrogens is 2. The molecule has 0 aliphatic carbocycles. The van der Waals surface area contributed by atoms with E-state index in [1.165, 1.54) is 16.8 Å². The number of rotatable bonds is 6. The predicted molar refractivity (Wildman–Crippen MR) is 112 cm³/mol. The standard InChI is InChI=1S/C23H20N2O7/c26-19-11-12-25(23(29)24-19)20-13-17(32-22(28)16-9-5-2-6-10-16)18(31-20)14-30-21(27)15-7-3-1-4-8-15/h1-12,17-18,20H,13-14H2,(H,24,26,29)/t17-,18-,20+/m0/s1. The van der Waals surface area contributed by atoms with Gasteiger partial charge in [-0.3, -0.25) is 14.3 Å². The lowest BCUT2D eigenvalue weighted by atomic mass is 10.1. The van der Waals surface area contributed by atoms with Crippen molar-refractivity contribution in [3.63, 3.8) is 0 Å². The third-order valence-corrected chi connectivity index (χ3v) is 5.00. The summed E-state index contributed by atoms with van der Waals surface area (Å²) in [5, 5.41) is 0. The molecule has 0 radical (unpaired) electrons. The molecule has 1 aliphatic heterocycles. The van der Waals surface area contributed by atoms with E-state index in [2.05, 4.69) is 4.98 Å². The number of carbonyl (C=O) groups excluding carboxylic acids is 2. The number of H-pyrrole nitrogens is 1. The van der Waals surface area contributed by atoms with Crippen molar-refractivity contribution < 1.29 is 23.8 Å². The van der Waals surface area contributed by atoms with Gasteiger partial charge in [-0.15, -0.1) is 0 Å². The molecular weight excluding hydrogens is 416 g/mol. The summed E-state index contributed by atoms with van der Waals surface area (Å²) < 4.78 is 18.1. The van der Waals surface area contributed by atoms with E-state index in [-0.39, 0.29) is 13.0 Å². The van der Waals surface area contributed by atoms with E-state index in [1.54, 1.807) is 60.7 Å². The average molecular weight is 436 g/mol. The SMILES string of the molecule is O=C(OC[C@@H]1O[C@@H](n2ccc(=O)[nH]c2=O)C[C@@H]1OC(=O)c1ccccc1)c1ccccc1. The largest absolute Gasteiger partial charge is 0.459 e. The van der Waals surface area contributed by atoms with Crippen molar-refractivity contribution in [2.45, 2.75) is 24.9 Å². The van der Waals surface area contributed by atoms with Crippen LogP contribution in [0.25, 0.3) is 0 Å². The molecule has 0 unspecified atom stereocenters. The first-order valence-corrected chi connectivity index (χ1v) is 9.96. The molecule has 1 saturated heterocycles. The zero-order valence-electron chi connectivity index (χ0n) is 16.9. The maximum absolute atomic E-state index is 12.6. The molecule has 0 saturated carbocycles. The zero-order valence-corrected chi connectivity index (χ0v) is 16.9. The van der Waals surface area contributed by atoms with Crippen molar-refractivity contribution in [2.24, 2.45) is 0 Å². The Balaban J connectivity index is 1.51. The summed E-state index contributed by atoms with van der Waals surface area (Å²) in [5.41, 5.74) is -0.462. The lowest BCUT2D eigenvalue weighted by Gasteiger charge is -2.19. The molecule has 0 amide bonds. The van der Waals surface area contributed by atoms with Crippen LogP contribution in [0.2, 0.25) is 0 Å². The smallest absolute Gasteiger partial charge is 0.338 e. The normalized spacial score (nSPS) is 19.9. The Kier molecular flexibility index (Phi) is 6.27. The van der Waals surface area contributed by atoms with Crippen LogP contribution in [0.3, 0.4) is 0 Å². The zero-order chi connectivity index (χ0) is 22.5. The molecule has 9 heteroatoms. The van der Waals surface area contributed by atoms with Gasteiger partial charge in [0.1, 0.15) is 25.0 Å². The third kappa shape index (κ3) is 4.84. The van der Waals surface area contributed by atoms with Crippen molar-refractivity contribution in [1.29, 1.82) is 0 Å². The predicted octanol–water partition coefficient (Wildman–Crippen LogP) is 1.91. The van der Waals surface area contributed by atoms with Crippen LogP contribution >= 0.6 is 0 Å². The number of benzene rings is 2. The Morgan fingerprint density at radius 3 is 2.19 bits per heavy atom. The van der Waals surface area contributed by atoms with Gasteiger partial charge in [-0.2, -0.15) is 0 Å². The molecule has 1 aliphatic rings. The van der Waals surface area contributed by atoms with Gasteiger partial charge >= 0.3 is 17.6 Å². The molecule has 1 fully saturated rings. The van der Waals surface area contributed by atoms with Crippen LogP contribution in [0.1, 0.15) is 33.4 Å². The second kappa shape index (κ2) is 9.44. The number of nitrogens with one attached hydrogen (secondary N) is 1. The summed E-state index contributed by atoms with van der Waals surface area (Å²) in [6.07, 6.45) is -0.958. The van der Waals surface area contributed by atoms with Gasteiger partial charge in [0.05, 0.1) is 11.1 Å². The topological polar surface area (TPSA) is 117 Å². The van der Waals surface area contributed by atoms with Gasteiger partial charge < -0.3 is 14.2 Å². The van der Waals surface area contributed by atoms with Crippen LogP contribution in [0.15, 0.2) is 82.5 Å². The Morgan fingerprint density at radius 2 is 1.56 bits per heavy atom. The maximum Gasteiger partial charge on any atom is 0.338 e. The number of hydrogen-bond donors (Lipinski definition) is 1. The first-order chi connectivity index (χ1) is 15.5. The number of aromatic amines is 1. The fourth-order valence-electron chi connectivity index (χ4n) is 3.39. The summed E-state index contributed by atoms with van der Waals surface area (Å²) in [6.45, 7) is -0.185. The Hall–Kier alpha value is -3.98. The second-order valence-corrected chi connectivity index (χ2v) is 7.16. The minimum Gasteiger partial charge on any atom is -0.459 e. The van der Waals surface area contributed by atoms with E-state index in [9.17, 15) is 19.2 Å². The highest BCUT2D eigenvalue weighted by atomic mass is 16.6. The van der Waals surface area contributed by atoms with Gasteiger partial charge in [0.25, 0.3) is 5.56 Å². The van der Waals surface area contributed by atoms with Crippen LogP contribution in [0.4, 0.5) is 0 Å². The number of esters is 2. The summed E-state index contributed by atoms with van der Waals surface area (Å²) >= 11 is 0. The molecule has 0 spiro atoms. The van der Waals surface area contributed by atoms with Crippen molar-refractivity contribution in [3.8, 4) is 0 Å². The molecule has 2 aromatic carbocycles. The van der Waals surface area contributed by atoms with E-state index in [1.807, 2.05) is 0 Å². The highest BCUT2D eigenvalue weighted by Gasteiger charge is 2.40. The highest BCUT2D eigenvalue weighted by molar-refractivity contribution is 5.90. The summed E-state index contributed by atoms with van der Waals surface area (Å²) in [5.74, 6) is -1.11. The monoisotopic (exact) mass is 436 g/mol. The molecule has 9 nitrogen and oxygen atoms in total.